The molecule has 0 aliphatic rings. The lowest BCUT2D eigenvalue weighted by atomic mass is 10.3. The van der Waals surface area contributed by atoms with Gasteiger partial charge in [0.05, 0.1) is 0 Å². The first-order valence-electron chi connectivity index (χ1n) is 2.56. The van der Waals surface area contributed by atoms with Gasteiger partial charge in [-0.15, -0.1) is 0 Å². The zero-order valence-corrected chi connectivity index (χ0v) is 5.76. The van der Waals surface area contributed by atoms with Crippen molar-refractivity contribution in [3.05, 3.63) is 18.2 Å². The first-order chi connectivity index (χ1) is 4.74. The quantitative estimate of drug-likeness (QED) is 0.595. The second-order valence-electron chi connectivity index (χ2n) is 1.74. The Labute approximate surface area is 61.4 Å². The first-order valence-corrected chi connectivity index (χ1v) is 3.30. The molecule has 0 atom stereocenters. The van der Waals surface area contributed by atoms with E-state index < -0.39 is 0 Å². The van der Waals surface area contributed by atoms with Crippen molar-refractivity contribution in [2.24, 2.45) is 0 Å². The summed E-state index contributed by atoms with van der Waals surface area (Å²) in [4.78, 5) is 0.220. The molecule has 0 aliphatic carbocycles. The average Bonchev–Trinajstić information content (AvgIpc) is 1.88. The van der Waals surface area contributed by atoms with Crippen molar-refractivity contribution in [1.29, 1.82) is 0 Å². The molecule has 52 valence electrons. The van der Waals surface area contributed by atoms with Gasteiger partial charge in [0.1, 0.15) is 5.75 Å². The molecule has 0 bridgehead atoms. The Balaban J connectivity index is 3.19. The summed E-state index contributed by atoms with van der Waals surface area (Å²) in [5.74, 6) is -0.227. The molecule has 1 aromatic rings. The number of hydrogen-bond donors (Lipinski definition) is 2. The summed E-state index contributed by atoms with van der Waals surface area (Å²) in [5, 5.41) is 17.7. The molecule has 0 fully saturated rings. The molecular weight excluding hydrogens is 152 g/mol. The molecule has 0 amide bonds. The average molecular weight is 157 g/mol. The molecule has 0 spiro atoms. The maximum absolute atomic E-state index is 10.1. The van der Waals surface area contributed by atoms with Crippen molar-refractivity contribution in [3.63, 3.8) is 0 Å². The van der Waals surface area contributed by atoms with Crippen LogP contribution in [0, 0.1) is 0 Å². The largest absolute Gasteiger partial charge is 0.509 e. The van der Waals surface area contributed by atoms with Gasteiger partial charge in [0.15, 0.2) is 5.75 Å². The summed E-state index contributed by atoms with van der Waals surface area (Å²) in [5.41, 5.74) is 0. The Bertz CT molecular complexity index is 259. The van der Waals surface area contributed by atoms with Crippen molar-refractivity contribution in [3.8, 4) is 11.5 Å². The van der Waals surface area contributed by atoms with Gasteiger partial charge in [-0.1, -0.05) is 0 Å². The Kier molecular flexibility index (Phi) is 1.82. The summed E-state index contributed by atoms with van der Waals surface area (Å²) in [6.07, 6.45) is 0. The van der Waals surface area contributed by atoms with Gasteiger partial charge in [-0.2, -0.15) is 0 Å². The molecule has 0 saturated carbocycles. The summed E-state index contributed by atoms with van der Waals surface area (Å²) in [6, 6.07) is 3.84. The van der Waals surface area contributed by atoms with Crippen molar-refractivity contribution in [2.45, 2.75) is 4.90 Å². The van der Waals surface area contributed by atoms with Crippen molar-refractivity contribution in [1.82, 2.24) is 0 Å². The highest BCUT2D eigenvalue weighted by molar-refractivity contribution is 7.65. The third kappa shape index (κ3) is 1.22. The molecule has 2 N–H and O–H groups in total. The normalized spacial score (nSPS) is 9.20. The van der Waals surface area contributed by atoms with E-state index in [0.29, 0.717) is 0 Å². The maximum atomic E-state index is 10.1. The van der Waals surface area contributed by atoms with Crippen LogP contribution in [0.5, 0.6) is 11.5 Å². The van der Waals surface area contributed by atoms with E-state index in [2.05, 4.69) is 0 Å². The van der Waals surface area contributed by atoms with Gasteiger partial charge in [-0.25, -0.2) is 0 Å². The minimum Gasteiger partial charge on any atom is -0.508 e. The van der Waals surface area contributed by atoms with E-state index in [1.54, 1.807) is 0 Å². The van der Waals surface area contributed by atoms with Crippen LogP contribution < -0.4 is 0 Å². The minimum absolute atomic E-state index is 0.0460. The number of phenols is 2. The van der Waals surface area contributed by atoms with Gasteiger partial charge in [0.2, 0.25) is 0 Å². The van der Waals surface area contributed by atoms with Crippen LogP contribution in [-0.4, -0.2) is 10.2 Å². The van der Waals surface area contributed by atoms with Crippen LogP contribution in [0.2, 0.25) is 0 Å². The predicted octanol–water partition coefficient (Wildman–Crippen LogP) is 0.885. The fourth-order valence-corrected chi connectivity index (χ4v) is 0.844. The minimum atomic E-state index is -0.181. The highest BCUT2D eigenvalue weighted by atomic mass is 32.1. The number of aromatic hydroxyl groups is 2. The molecule has 0 radical (unpaired) electrons. The van der Waals surface area contributed by atoms with E-state index in [-0.39, 0.29) is 28.1 Å². The van der Waals surface area contributed by atoms with Crippen molar-refractivity contribution < 1.29 is 14.4 Å². The standard InChI is InChI=1S/C6H4O3S/c7-4-1-2-6(10-9)5(8)3-4/h1-3H,(H-,7,8,9)/p+1. The number of hydrogen-bond acceptors (Lipinski definition) is 3. The van der Waals surface area contributed by atoms with E-state index in [4.69, 9.17) is 10.2 Å². The van der Waals surface area contributed by atoms with Gasteiger partial charge >= 0.3 is 16.6 Å². The Morgan fingerprint density at radius 3 is 2.50 bits per heavy atom. The predicted molar refractivity (Wildman–Crippen MR) is 36.1 cm³/mol. The Hall–Kier alpha value is -1.16. The second kappa shape index (κ2) is 2.62. The molecular formula is C6H5O3S+. The monoisotopic (exact) mass is 157 g/mol. The Morgan fingerprint density at radius 1 is 1.30 bits per heavy atom. The molecule has 0 aromatic heterocycles. The van der Waals surface area contributed by atoms with E-state index in [1.807, 2.05) is 0 Å². The van der Waals surface area contributed by atoms with E-state index in [0.717, 1.165) is 6.07 Å². The van der Waals surface area contributed by atoms with Gasteiger partial charge in [0, 0.05) is 16.3 Å². The van der Waals surface area contributed by atoms with Gasteiger partial charge < -0.3 is 10.2 Å². The summed E-state index contributed by atoms with van der Waals surface area (Å²) in [6.45, 7) is 0. The van der Waals surface area contributed by atoms with Crippen LogP contribution in [0.4, 0.5) is 0 Å². The van der Waals surface area contributed by atoms with Gasteiger partial charge in [-0.3, -0.25) is 0 Å². The molecule has 3 nitrogen and oxygen atoms in total. The van der Waals surface area contributed by atoms with Crippen LogP contribution in [0.1, 0.15) is 0 Å². The second-order valence-corrected chi connectivity index (χ2v) is 2.34. The summed E-state index contributed by atoms with van der Waals surface area (Å²) < 4.78 is 10.1. The molecule has 10 heavy (non-hydrogen) atoms. The van der Waals surface area contributed by atoms with Crippen molar-refractivity contribution in [2.75, 3.05) is 0 Å². The third-order valence-electron chi connectivity index (χ3n) is 1.03. The van der Waals surface area contributed by atoms with E-state index >= 15 is 0 Å². The van der Waals surface area contributed by atoms with E-state index in [9.17, 15) is 4.21 Å². The Morgan fingerprint density at radius 2 is 2.00 bits per heavy atom. The van der Waals surface area contributed by atoms with Crippen LogP contribution in [0.3, 0.4) is 0 Å². The summed E-state index contributed by atoms with van der Waals surface area (Å²) >= 11 is 0.193. The van der Waals surface area contributed by atoms with Crippen LogP contribution in [0.25, 0.3) is 0 Å². The SMILES string of the molecule is O=[S+]c1ccc(O)cc1O. The highest BCUT2D eigenvalue weighted by Crippen LogP contribution is 2.22. The lowest BCUT2D eigenvalue weighted by Crippen LogP contribution is -1.73. The molecule has 1 rings (SSSR count). The lowest BCUT2D eigenvalue weighted by Gasteiger charge is -1.88. The lowest BCUT2D eigenvalue weighted by molar-refractivity contribution is 0.441. The fraction of sp³-hybridized carbons (Fsp3) is 0. The highest BCUT2D eigenvalue weighted by Gasteiger charge is 2.12. The smallest absolute Gasteiger partial charge is 0.508 e. The third-order valence-corrected chi connectivity index (χ3v) is 1.56. The molecule has 0 aliphatic heterocycles. The van der Waals surface area contributed by atoms with E-state index in [1.165, 1.54) is 12.1 Å². The summed E-state index contributed by atoms with van der Waals surface area (Å²) in [7, 11) is 0. The topological polar surface area (TPSA) is 57.5 Å². The molecule has 4 heteroatoms. The number of benzene rings is 1. The van der Waals surface area contributed by atoms with Crippen LogP contribution in [-0.2, 0) is 15.9 Å². The zero-order chi connectivity index (χ0) is 7.56. The molecule has 0 heterocycles. The first kappa shape index (κ1) is 6.95. The number of phenolic OH excluding ortho intramolecular Hbond substituents is 2. The fourth-order valence-electron chi connectivity index (χ4n) is 0.576. The van der Waals surface area contributed by atoms with Crippen LogP contribution >= 0.6 is 0 Å². The molecule has 0 saturated heterocycles. The maximum Gasteiger partial charge on any atom is 0.509 e. The zero-order valence-electron chi connectivity index (χ0n) is 4.94. The van der Waals surface area contributed by atoms with Gasteiger partial charge in [-0.05, 0) is 6.07 Å². The molecule has 1 aromatic carbocycles. The number of rotatable bonds is 1. The van der Waals surface area contributed by atoms with Crippen LogP contribution in [0.15, 0.2) is 23.1 Å². The molecule has 0 unspecified atom stereocenters. The van der Waals surface area contributed by atoms with Gasteiger partial charge in [0.25, 0.3) is 0 Å². The van der Waals surface area contributed by atoms with Crippen molar-refractivity contribution >= 4 is 11.7 Å².